The number of hydrazone groups is 1. The van der Waals surface area contributed by atoms with Gasteiger partial charge in [0.15, 0.2) is 5.17 Å². The lowest BCUT2D eigenvalue weighted by atomic mass is 10.1. The summed E-state index contributed by atoms with van der Waals surface area (Å²) in [5, 5.41) is 4.58. The summed E-state index contributed by atoms with van der Waals surface area (Å²) < 4.78 is 5.15. The first-order valence-electron chi connectivity index (χ1n) is 8.97. The molecular weight excluding hydrogens is 386 g/mol. The number of benzene rings is 2. The molecule has 1 saturated heterocycles. The molecule has 0 aromatic heterocycles. The van der Waals surface area contributed by atoms with Gasteiger partial charge < -0.3 is 4.74 Å². The molecule has 3 rings (SSSR count). The highest BCUT2D eigenvalue weighted by molar-refractivity contribution is 8.18. The van der Waals surface area contributed by atoms with Gasteiger partial charge in [0.1, 0.15) is 5.75 Å². The summed E-state index contributed by atoms with van der Waals surface area (Å²) >= 11 is 1.21. The molecule has 0 radical (unpaired) electrons. The van der Waals surface area contributed by atoms with Crippen LogP contribution in [0.1, 0.15) is 11.1 Å². The van der Waals surface area contributed by atoms with Crippen LogP contribution in [0.2, 0.25) is 0 Å². The number of nitrogens with zero attached hydrogens (tertiary/aromatic N) is 2. The Balaban J connectivity index is 1.73. The molecule has 0 aliphatic carbocycles. The van der Waals surface area contributed by atoms with Crippen molar-refractivity contribution >= 4 is 34.8 Å². The Kier molecular flexibility index (Phi) is 6.86. The van der Waals surface area contributed by atoms with Crippen LogP contribution in [-0.4, -0.2) is 35.5 Å². The fourth-order valence-electron chi connectivity index (χ4n) is 2.66. The summed E-state index contributed by atoms with van der Waals surface area (Å²) in [6.45, 7) is 4.00. The maximum atomic E-state index is 12.7. The van der Waals surface area contributed by atoms with Crippen molar-refractivity contribution in [2.45, 2.75) is 6.42 Å². The van der Waals surface area contributed by atoms with Crippen molar-refractivity contribution in [3.05, 3.63) is 83.3 Å². The normalized spacial score (nSPS) is 16.3. The van der Waals surface area contributed by atoms with Gasteiger partial charge in [-0.25, -0.2) is 5.43 Å². The zero-order chi connectivity index (χ0) is 20.6. The molecule has 29 heavy (non-hydrogen) atoms. The summed E-state index contributed by atoms with van der Waals surface area (Å²) in [6, 6.07) is 16.8. The van der Waals surface area contributed by atoms with Crippen molar-refractivity contribution < 1.29 is 14.3 Å². The molecule has 2 amide bonds. The first-order chi connectivity index (χ1) is 14.1. The molecule has 6 nitrogen and oxygen atoms in total. The number of carbonyl (C=O) groups is 2. The Bertz CT molecular complexity index is 953. The van der Waals surface area contributed by atoms with E-state index in [1.165, 1.54) is 16.7 Å². The topological polar surface area (TPSA) is 71.0 Å². The molecule has 0 spiro atoms. The van der Waals surface area contributed by atoms with Crippen molar-refractivity contribution in [3.63, 3.8) is 0 Å². The van der Waals surface area contributed by atoms with Crippen LogP contribution in [0.4, 0.5) is 0 Å². The Labute approximate surface area is 173 Å². The average molecular weight is 407 g/mol. The lowest BCUT2D eigenvalue weighted by Crippen LogP contribution is -2.31. The van der Waals surface area contributed by atoms with Crippen LogP contribution in [0, 0.1) is 0 Å². The van der Waals surface area contributed by atoms with Gasteiger partial charge in [-0.1, -0.05) is 48.5 Å². The number of ether oxygens (including phenoxy) is 1. The summed E-state index contributed by atoms with van der Waals surface area (Å²) in [5.74, 6) is 0.318. The Morgan fingerprint density at radius 2 is 1.93 bits per heavy atom. The van der Waals surface area contributed by atoms with Gasteiger partial charge in [0, 0.05) is 6.54 Å². The highest BCUT2D eigenvalue weighted by atomic mass is 32.2. The Hall–Kier alpha value is -3.32. The van der Waals surface area contributed by atoms with Crippen molar-refractivity contribution in [2.24, 2.45) is 5.10 Å². The van der Waals surface area contributed by atoms with Gasteiger partial charge in [0.25, 0.3) is 5.91 Å². The van der Waals surface area contributed by atoms with Gasteiger partial charge in [-0.15, -0.1) is 11.7 Å². The second kappa shape index (κ2) is 9.75. The van der Waals surface area contributed by atoms with E-state index in [2.05, 4.69) is 17.1 Å². The number of hydrogen-bond acceptors (Lipinski definition) is 5. The molecule has 1 N–H and O–H groups in total. The third kappa shape index (κ3) is 5.36. The van der Waals surface area contributed by atoms with Gasteiger partial charge in [-0.05, 0) is 41.1 Å². The molecule has 0 saturated carbocycles. The van der Waals surface area contributed by atoms with Crippen LogP contribution >= 0.6 is 11.8 Å². The van der Waals surface area contributed by atoms with Crippen LogP contribution in [0.25, 0.3) is 6.08 Å². The third-order valence-corrected chi connectivity index (χ3v) is 5.10. The fraction of sp³-hybridized carbons (Fsp3) is 0.136. The molecule has 1 fully saturated rings. The highest BCUT2D eigenvalue weighted by Crippen LogP contribution is 2.32. The summed E-state index contributed by atoms with van der Waals surface area (Å²) in [4.78, 5) is 26.9. The molecule has 7 heteroatoms. The first-order valence-corrected chi connectivity index (χ1v) is 9.79. The second-order valence-corrected chi connectivity index (χ2v) is 7.19. The number of carbonyl (C=O) groups excluding carboxylic acids is 2. The van der Waals surface area contributed by atoms with E-state index in [4.69, 9.17) is 4.74 Å². The Morgan fingerprint density at radius 1 is 1.21 bits per heavy atom. The van der Waals surface area contributed by atoms with E-state index in [1.807, 2.05) is 54.6 Å². The van der Waals surface area contributed by atoms with Gasteiger partial charge in [-0.3, -0.25) is 14.5 Å². The molecule has 1 aliphatic heterocycles. The quantitative estimate of drug-likeness (QED) is 0.434. The number of amidine groups is 1. The first kappa shape index (κ1) is 20.4. The smallest absolute Gasteiger partial charge is 0.267 e. The SMILES string of the molecule is C=CCN1C(=O)/C(=C/c2ccc(OC)cc2)S/C1=N/NC(=O)Cc1ccccc1. The van der Waals surface area contributed by atoms with E-state index in [0.717, 1.165) is 16.9 Å². The summed E-state index contributed by atoms with van der Waals surface area (Å²) in [6.07, 6.45) is 3.62. The monoisotopic (exact) mass is 407 g/mol. The average Bonchev–Trinajstić information content (AvgIpc) is 3.03. The zero-order valence-electron chi connectivity index (χ0n) is 16.0. The van der Waals surface area contributed by atoms with E-state index in [-0.39, 0.29) is 18.2 Å². The summed E-state index contributed by atoms with van der Waals surface area (Å²) in [5.41, 5.74) is 4.30. The number of hydrogen-bond donors (Lipinski definition) is 1. The van der Waals surface area contributed by atoms with Crippen molar-refractivity contribution in [1.29, 1.82) is 0 Å². The molecule has 0 bridgehead atoms. The maximum Gasteiger partial charge on any atom is 0.267 e. The van der Waals surface area contributed by atoms with E-state index in [0.29, 0.717) is 16.6 Å². The van der Waals surface area contributed by atoms with Gasteiger partial charge in [-0.2, -0.15) is 0 Å². The minimum atomic E-state index is -0.247. The standard InChI is InChI=1S/C22H21N3O3S/c1-3-13-25-21(27)19(14-17-9-11-18(28-2)12-10-17)29-22(25)24-23-20(26)15-16-7-5-4-6-8-16/h3-12,14H,1,13,15H2,2H3,(H,23,26)/b19-14-,24-22+. The lowest BCUT2D eigenvalue weighted by Gasteiger charge is -2.12. The number of nitrogens with one attached hydrogen (secondary N) is 1. The zero-order valence-corrected chi connectivity index (χ0v) is 16.8. The lowest BCUT2D eigenvalue weighted by molar-refractivity contribution is -0.122. The minimum Gasteiger partial charge on any atom is -0.497 e. The molecule has 2 aromatic rings. The molecule has 0 atom stereocenters. The van der Waals surface area contributed by atoms with E-state index < -0.39 is 0 Å². The molecule has 2 aromatic carbocycles. The fourth-order valence-corrected chi connectivity index (χ4v) is 3.61. The van der Waals surface area contributed by atoms with Gasteiger partial charge in [0.2, 0.25) is 5.91 Å². The van der Waals surface area contributed by atoms with Crippen LogP contribution in [0.3, 0.4) is 0 Å². The predicted octanol–water partition coefficient (Wildman–Crippen LogP) is 3.43. The van der Waals surface area contributed by atoms with Gasteiger partial charge >= 0.3 is 0 Å². The number of methoxy groups -OCH3 is 1. The van der Waals surface area contributed by atoms with Crippen LogP contribution in [0.5, 0.6) is 5.75 Å². The highest BCUT2D eigenvalue weighted by Gasteiger charge is 2.32. The maximum absolute atomic E-state index is 12.7. The molecule has 0 unspecified atom stereocenters. The number of thioether (sulfide) groups is 1. The predicted molar refractivity (Wildman–Crippen MR) is 116 cm³/mol. The van der Waals surface area contributed by atoms with Crippen LogP contribution in [0.15, 0.2) is 77.3 Å². The number of rotatable bonds is 7. The molecule has 148 valence electrons. The Morgan fingerprint density at radius 3 is 2.59 bits per heavy atom. The third-order valence-electron chi connectivity index (χ3n) is 4.10. The van der Waals surface area contributed by atoms with Crippen LogP contribution < -0.4 is 10.2 Å². The molecule has 1 heterocycles. The van der Waals surface area contributed by atoms with Gasteiger partial charge in [0.05, 0.1) is 18.4 Å². The van der Waals surface area contributed by atoms with Crippen LogP contribution in [-0.2, 0) is 16.0 Å². The number of amides is 2. The van der Waals surface area contributed by atoms with Crippen molar-refractivity contribution in [3.8, 4) is 5.75 Å². The second-order valence-electron chi connectivity index (χ2n) is 6.18. The van der Waals surface area contributed by atoms with Crippen molar-refractivity contribution in [1.82, 2.24) is 10.3 Å². The van der Waals surface area contributed by atoms with E-state index in [9.17, 15) is 9.59 Å². The molecule has 1 aliphatic rings. The van der Waals surface area contributed by atoms with E-state index >= 15 is 0 Å². The molecular formula is C22H21N3O3S. The summed E-state index contributed by atoms with van der Waals surface area (Å²) in [7, 11) is 1.60. The minimum absolute atomic E-state index is 0.179. The van der Waals surface area contributed by atoms with Crippen molar-refractivity contribution in [2.75, 3.05) is 13.7 Å². The van der Waals surface area contributed by atoms with E-state index in [1.54, 1.807) is 19.3 Å². The largest absolute Gasteiger partial charge is 0.497 e.